The van der Waals surface area contributed by atoms with Gasteiger partial charge in [-0.1, -0.05) is 12.2 Å². The lowest BCUT2D eigenvalue weighted by atomic mass is 10.1. The predicted octanol–water partition coefficient (Wildman–Crippen LogP) is 2.46. The maximum atomic E-state index is 3.20. The summed E-state index contributed by atoms with van der Waals surface area (Å²) in [6.45, 7) is 0. The van der Waals surface area contributed by atoms with Gasteiger partial charge in [-0.25, -0.2) is 0 Å². The van der Waals surface area contributed by atoms with Gasteiger partial charge in [-0.2, -0.15) is 0 Å². The molecule has 1 aliphatic carbocycles. The zero-order valence-electron chi connectivity index (χ0n) is 3.90. The van der Waals surface area contributed by atoms with Gasteiger partial charge in [-0.3, -0.25) is 25.8 Å². The molecule has 1 aliphatic rings. The fourth-order valence-corrected chi connectivity index (χ4v) is 0.136. The third-order valence-electron chi connectivity index (χ3n) is 0.544. The summed E-state index contributed by atoms with van der Waals surface area (Å²) in [7, 11) is 0. The summed E-state index contributed by atoms with van der Waals surface area (Å²) in [5.74, 6) is 0. The molecule has 0 fully saturated rings. The first kappa shape index (κ1) is 8.47. The van der Waals surface area contributed by atoms with E-state index in [2.05, 4.69) is 44.3 Å². The van der Waals surface area contributed by atoms with Crippen molar-refractivity contribution in [3.05, 3.63) is 18.6 Å². The summed E-state index contributed by atoms with van der Waals surface area (Å²) in [4.78, 5) is 0. The molecule has 0 atom stereocenters. The van der Waals surface area contributed by atoms with Crippen molar-refractivity contribution in [3.8, 4) is 0 Å². The Morgan fingerprint density at radius 2 is 1.57 bits per heavy atom. The molecule has 7 heavy (non-hydrogen) atoms. The molecule has 0 aromatic rings. The van der Waals surface area contributed by atoms with Gasteiger partial charge >= 0.3 is 16.0 Å². The normalized spacial score (nSPS) is 12.9. The van der Waals surface area contributed by atoms with E-state index in [0.29, 0.717) is 0 Å². The molecule has 0 unspecified atom stereocenters. The smallest absolute Gasteiger partial charge is 0.280 e. The Hall–Kier alpha value is 1.47. The van der Waals surface area contributed by atoms with E-state index in [1.54, 1.807) is 0 Å². The van der Waals surface area contributed by atoms with E-state index in [9.17, 15) is 0 Å². The second-order valence-corrected chi connectivity index (χ2v) is 9.08. The van der Waals surface area contributed by atoms with E-state index in [-0.39, 0.29) is 16.0 Å². The minimum Gasteiger partial charge on any atom is -0.280 e. The van der Waals surface area contributed by atoms with Crippen LogP contribution >= 0.6 is 25.8 Å². The first-order chi connectivity index (χ1) is 3.41. The van der Waals surface area contributed by atoms with Gasteiger partial charge in [0.15, 0.2) is 0 Å². The van der Waals surface area contributed by atoms with Crippen LogP contribution in [0.1, 0.15) is 6.42 Å². The average Bonchev–Trinajstić information content (AvgIpc) is 1.27. The Bertz CT molecular complexity index is 47.7. The van der Waals surface area contributed by atoms with Crippen molar-refractivity contribution in [2.45, 2.75) is 6.42 Å². The van der Waals surface area contributed by atoms with Crippen LogP contribution in [0.15, 0.2) is 12.2 Å². The van der Waals surface area contributed by atoms with Gasteiger partial charge in [0.1, 0.15) is 0 Å². The molecule has 0 aromatic heterocycles. The standard InChI is InChI=1S/C4H5.2BrH.Mg/c1-2-4-3-1;;;/h1-3H,4H2;2*1H;/q;;;+2/p-2. The van der Waals surface area contributed by atoms with Crippen molar-refractivity contribution < 1.29 is 0 Å². The summed E-state index contributed by atoms with van der Waals surface area (Å²) in [5, 5.41) is 0. The molecule has 0 aliphatic heterocycles. The van der Waals surface area contributed by atoms with Crippen molar-refractivity contribution in [2.24, 2.45) is 0 Å². The van der Waals surface area contributed by atoms with Crippen molar-refractivity contribution >= 4 is 41.8 Å². The minimum atomic E-state index is 0.0417. The van der Waals surface area contributed by atoms with Gasteiger partial charge < -0.3 is 0 Å². The lowest BCUT2D eigenvalue weighted by Crippen LogP contribution is -1.73. The highest BCUT2D eigenvalue weighted by Crippen LogP contribution is 2.00. The Morgan fingerprint density at radius 1 is 1.43 bits per heavy atom. The van der Waals surface area contributed by atoms with Crippen LogP contribution in [0.4, 0.5) is 0 Å². The fraction of sp³-hybridized carbons (Fsp3) is 0.250. The molecule has 3 heteroatoms. The molecule has 1 rings (SSSR count). The molecule has 0 heterocycles. The third kappa shape index (κ3) is 7.47. The van der Waals surface area contributed by atoms with E-state index in [0.717, 1.165) is 0 Å². The molecule has 0 nitrogen and oxygen atoms in total. The number of hydrogen-bond donors (Lipinski definition) is 0. The molecule has 0 saturated heterocycles. The molecule has 0 N–H and O–H groups in total. The van der Waals surface area contributed by atoms with Crippen molar-refractivity contribution in [3.63, 3.8) is 0 Å². The van der Waals surface area contributed by atoms with E-state index in [1.165, 1.54) is 6.42 Å². The molecule has 1 radical (unpaired) electrons. The van der Waals surface area contributed by atoms with Crippen LogP contribution in [0, 0.1) is 6.42 Å². The third-order valence-corrected chi connectivity index (χ3v) is 0.544. The topological polar surface area (TPSA) is 0 Å². The summed E-state index contributed by atoms with van der Waals surface area (Å²) < 4.78 is 0. The Kier molecular flexibility index (Phi) is 9.03. The lowest BCUT2D eigenvalue weighted by molar-refractivity contribution is 1.20. The summed E-state index contributed by atoms with van der Waals surface area (Å²) >= 11 is 6.44. The number of halogens is 2. The van der Waals surface area contributed by atoms with Crippen molar-refractivity contribution in [1.82, 2.24) is 0 Å². The van der Waals surface area contributed by atoms with Gasteiger partial charge in [-0.05, 0) is 12.8 Å². The van der Waals surface area contributed by atoms with E-state index < -0.39 is 0 Å². The van der Waals surface area contributed by atoms with Crippen LogP contribution in [0.5, 0.6) is 0 Å². The molecular weight excluding hydrogens is 232 g/mol. The minimum absolute atomic E-state index is 0.0417. The molecule has 0 spiro atoms. The lowest BCUT2D eigenvalue weighted by Gasteiger charge is -1.91. The summed E-state index contributed by atoms with van der Waals surface area (Å²) in [6.07, 6.45) is 7.50. The van der Waals surface area contributed by atoms with Crippen LogP contribution in [0.25, 0.3) is 0 Å². The number of rotatable bonds is 0. The first-order valence-corrected chi connectivity index (χ1v) is 9.82. The number of allylic oxidation sites excluding steroid dienone is 2. The second kappa shape index (κ2) is 7.47. The largest absolute Gasteiger partial charge is 0.560 e. The van der Waals surface area contributed by atoms with Crippen LogP contribution in [0.2, 0.25) is 0 Å². The second-order valence-electron chi connectivity index (χ2n) is 1.00. The molecule has 37 valence electrons. The van der Waals surface area contributed by atoms with Crippen LogP contribution in [-0.2, 0) is 0 Å². The predicted molar refractivity (Wildman–Crippen MR) is 41.7 cm³/mol. The highest BCUT2D eigenvalue weighted by Gasteiger charge is 1.82. The van der Waals surface area contributed by atoms with E-state index >= 15 is 0 Å². The van der Waals surface area contributed by atoms with Gasteiger partial charge in [0.25, 0.3) is 0 Å². The monoisotopic (exact) mass is 235 g/mol. The zero-order chi connectivity index (χ0) is 5.54. The molecular formula is C4H5Br2Mg. The Labute approximate surface area is 66.2 Å². The van der Waals surface area contributed by atoms with Crippen molar-refractivity contribution in [1.29, 1.82) is 0 Å². The molecule has 0 saturated carbocycles. The quantitative estimate of drug-likeness (QED) is 0.568. The van der Waals surface area contributed by atoms with Crippen LogP contribution in [0.3, 0.4) is 0 Å². The Balaban J connectivity index is 0.000000110. The maximum Gasteiger partial charge on any atom is 0.560 e. The van der Waals surface area contributed by atoms with Crippen molar-refractivity contribution in [2.75, 3.05) is 0 Å². The SMILES string of the molecule is [Br][Mg][Br].[CH]1C=CC1. The number of hydrogen-bond acceptors (Lipinski definition) is 0. The van der Waals surface area contributed by atoms with Gasteiger partial charge in [0, 0.05) is 0 Å². The molecule has 0 amide bonds. The zero-order valence-corrected chi connectivity index (χ0v) is 8.49. The highest BCUT2D eigenvalue weighted by atomic mass is 79.9. The maximum absolute atomic E-state index is 3.20. The van der Waals surface area contributed by atoms with Gasteiger partial charge in [0.05, 0.1) is 0 Å². The molecule has 0 aromatic carbocycles. The van der Waals surface area contributed by atoms with Crippen LogP contribution in [-0.4, -0.2) is 16.0 Å². The summed E-state index contributed by atoms with van der Waals surface area (Å²) in [5.41, 5.74) is 0. The Morgan fingerprint density at radius 3 is 1.57 bits per heavy atom. The van der Waals surface area contributed by atoms with E-state index in [1.807, 2.05) is 0 Å². The van der Waals surface area contributed by atoms with Gasteiger partial charge in [-0.15, -0.1) is 0 Å². The average molecular weight is 237 g/mol. The highest BCUT2D eigenvalue weighted by molar-refractivity contribution is 9.47. The molecule has 0 bridgehead atoms. The fourth-order valence-electron chi connectivity index (χ4n) is 0.136. The van der Waals surface area contributed by atoms with Crippen LogP contribution < -0.4 is 0 Å². The van der Waals surface area contributed by atoms with E-state index in [4.69, 9.17) is 0 Å². The summed E-state index contributed by atoms with van der Waals surface area (Å²) in [6, 6.07) is 0. The first-order valence-electron chi connectivity index (χ1n) is 2.02. The van der Waals surface area contributed by atoms with Gasteiger partial charge in [0.2, 0.25) is 0 Å².